The fraction of sp³-hybridized carbons (Fsp3) is 0.222. The monoisotopic (exact) mass is 217 g/mol. The first kappa shape index (κ1) is 10.9. The molecule has 0 spiro atoms. The maximum atomic E-state index is 12.8. The number of esters is 1. The van der Waals surface area contributed by atoms with Crippen molar-refractivity contribution >= 4 is 17.7 Å². The van der Waals surface area contributed by atoms with Gasteiger partial charge in [-0.3, -0.25) is 0 Å². The maximum Gasteiger partial charge on any atom is 0.338 e. The molecule has 0 saturated carbocycles. The summed E-state index contributed by atoms with van der Waals surface area (Å²) in [5, 5.41) is 0. The molecule has 0 unspecified atom stereocenters. The molecule has 76 valence electrons. The molecule has 1 N–H and O–H groups in total. The van der Waals surface area contributed by atoms with Gasteiger partial charge in [-0.05, 0) is 29.5 Å². The van der Waals surface area contributed by atoms with Gasteiger partial charge in [-0.1, -0.05) is 6.07 Å². The van der Waals surface area contributed by atoms with Crippen LogP contribution >= 0.6 is 11.8 Å². The average Bonchev–Trinajstić information content (AvgIpc) is 2.20. The first-order valence-corrected chi connectivity index (χ1v) is 4.27. The highest BCUT2D eigenvalue weighted by Crippen LogP contribution is 2.12. The normalized spacial score (nSPS) is 9.93. The van der Waals surface area contributed by atoms with E-state index in [0.717, 1.165) is 6.07 Å². The summed E-state index contributed by atoms with van der Waals surface area (Å²) in [7, 11) is 1.24. The fourth-order valence-electron chi connectivity index (χ4n) is 1.07. The molecule has 0 aromatic heterocycles. The van der Waals surface area contributed by atoms with E-state index >= 15 is 0 Å². The Morgan fingerprint density at radius 1 is 1.64 bits per heavy atom. The van der Waals surface area contributed by atoms with Crippen molar-refractivity contribution in [2.24, 2.45) is 0 Å². The smallest absolute Gasteiger partial charge is 0.338 e. The number of benzene rings is 1. The van der Waals surface area contributed by atoms with E-state index in [0.29, 0.717) is 5.56 Å². The van der Waals surface area contributed by atoms with E-state index in [1.54, 1.807) is 0 Å². The summed E-state index contributed by atoms with van der Waals surface area (Å²) < 4.78 is 17.3. The minimum atomic E-state index is -0.577. The maximum absolute atomic E-state index is 12.8. The number of carbonyl (C=O) groups is 1. The summed E-state index contributed by atoms with van der Waals surface area (Å²) in [6.45, 7) is 0.270. The summed E-state index contributed by atoms with van der Waals surface area (Å²) in [6.07, 6.45) is 0. The third-order valence-corrected chi connectivity index (χ3v) is 1.87. The number of halogens is 2. The number of hydrogen-bond acceptors (Lipinski definition) is 3. The van der Waals surface area contributed by atoms with Crippen LogP contribution in [0.15, 0.2) is 18.2 Å². The zero-order chi connectivity index (χ0) is 10.6. The lowest BCUT2D eigenvalue weighted by Crippen LogP contribution is -2.09. The predicted octanol–water partition coefficient (Wildman–Crippen LogP) is 1.86. The number of rotatable bonds is 3. The number of nitrogens with one attached hydrogen (secondary N) is 1. The molecule has 1 aromatic rings. The van der Waals surface area contributed by atoms with E-state index in [4.69, 9.17) is 11.8 Å². The van der Waals surface area contributed by atoms with E-state index < -0.39 is 11.8 Å². The van der Waals surface area contributed by atoms with E-state index in [-0.39, 0.29) is 12.1 Å². The zero-order valence-electron chi connectivity index (χ0n) is 7.51. The topological polar surface area (TPSA) is 38.3 Å². The molecule has 0 saturated heterocycles. The standard InChI is InChI=1S/C9H9ClFNO2/c1-14-9(13)8-4-7(11)3-2-6(8)5-12-10/h2-4,12H,5H2,1H3. The molecule has 0 atom stereocenters. The quantitative estimate of drug-likeness (QED) is 0.620. The van der Waals surface area contributed by atoms with Gasteiger partial charge in [0.05, 0.1) is 12.7 Å². The van der Waals surface area contributed by atoms with Crippen molar-refractivity contribution in [3.05, 3.63) is 35.1 Å². The van der Waals surface area contributed by atoms with Gasteiger partial charge in [0.1, 0.15) is 5.82 Å². The highest BCUT2D eigenvalue weighted by Gasteiger charge is 2.12. The Balaban J connectivity index is 3.08. The highest BCUT2D eigenvalue weighted by atomic mass is 35.5. The average molecular weight is 218 g/mol. The van der Waals surface area contributed by atoms with Gasteiger partial charge in [-0.25, -0.2) is 14.0 Å². The molecule has 5 heteroatoms. The second kappa shape index (κ2) is 4.93. The molecule has 1 rings (SSSR count). The molecule has 0 amide bonds. The van der Waals surface area contributed by atoms with Gasteiger partial charge in [-0.2, -0.15) is 0 Å². The van der Waals surface area contributed by atoms with Crippen LogP contribution in [0.4, 0.5) is 4.39 Å². The Morgan fingerprint density at radius 2 is 2.36 bits per heavy atom. The van der Waals surface area contributed by atoms with Crippen molar-refractivity contribution in [2.45, 2.75) is 6.54 Å². The van der Waals surface area contributed by atoms with Gasteiger partial charge in [0, 0.05) is 6.54 Å². The SMILES string of the molecule is COC(=O)c1cc(F)ccc1CNCl. The number of methoxy groups -OCH3 is 1. The van der Waals surface area contributed by atoms with Gasteiger partial charge in [0.25, 0.3) is 0 Å². The summed E-state index contributed by atoms with van der Waals surface area (Å²) in [6, 6.07) is 3.86. The van der Waals surface area contributed by atoms with Gasteiger partial charge in [0.15, 0.2) is 0 Å². The van der Waals surface area contributed by atoms with Crippen LogP contribution < -0.4 is 4.84 Å². The Labute approximate surface area is 85.9 Å². The molecule has 14 heavy (non-hydrogen) atoms. The van der Waals surface area contributed by atoms with Crippen LogP contribution in [-0.2, 0) is 11.3 Å². The van der Waals surface area contributed by atoms with Gasteiger partial charge >= 0.3 is 5.97 Å². The van der Waals surface area contributed by atoms with E-state index in [1.165, 1.54) is 19.2 Å². The van der Waals surface area contributed by atoms with Crippen LogP contribution in [0.1, 0.15) is 15.9 Å². The minimum Gasteiger partial charge on any atom is -0.465 e. The van der Waals surface area contributed by atoms with Crippen LogP contribution in [0.3, 0.4) is 0 Å². The number of ether oxygens (including phenoxy) is 1. The van der Waals surface area contributed by atoms with Crippen molar-refractivity contribution in [3.63, 3.8) is 0 Å². The van der Waals surface area contributed by atoms with Crippen molar-refractivity contribution in [2.75, 3.05) is 7.11 Å². The highest BCUT2D eigenvalue weighted by molar-refractivity contribution is 6.13. The molecule has 0 aliphatic heterocycles. The second-order valence-electron chi connectivity index (χ2n) is 2.60. The van der Waals surface area contributed by atoms with E-state index in [2.05, 4.69) is 9.57 Å². The summed E-state index contributed by atoms with van der Waals surface area (Å²) in [4.78, 5) is 13.6. The second-order valence-corrected chi connectivity index (χ2v) is 2.87. The van der Waals surface area contributed by atoms with Crippen molar-refractivity contribution in [1.29, 1.82) is 0 Å². The summed E-state index contributed by atoms with van der Waals surface area (Å²) in [5.74, 6) is -1.06. The van der Waals surface area contributed by atoms with Crippen LogP contribution in [0, 0.1) is 5.82 Å². The van der Waals surface area contributed by atoms with Crippen molar-refractivity contribution < 1.29 is 13.9 Å². The predicted molar refractivity (Wildman–Crippen MR) is 50.4 cm³/mol. The van der Waals surface area contributed by atoms with Gasteiger partial charge < -0.3 is 4.74 Å². The molecule has 0 radical (unpaired) electrons. The lowest BCUT2D eigenvalue weighted by Gasteiger charge is -2.06. The van der Waals surface area contributed by atoms with Crippen LogP contribution in [0.2, 0.25) is 0 Å². The van der Waals surface area contributed by atoms with Gasteiger partial charge in [0.2, 0.25) is 0 Å². The van der Waals surface area contributed by atoms with Crippen LogP contribution in [0.25, 0.3) is 0 Å². The Morgan fingerprint density at radius 3 is 2.93 bits per heavy atom. The summed E-state index contributed by atoms with van der Waals surface area (Å²) >= 11 is 5.30. The molecule has 0 bridgehead atoms. The third-order valence-electron chi connectivity index (χ3n) is 1.73. The Bertz CT molecular complexity index is 344. The van der Waals surface area contributed by atoms with E-state index in [9.17, 15) is 9.18 Å². The van der Waals surface area contributed by atoms with Crippen LogP contribution in [-0.4, -0.2) is 13.1 Å². The Hall–Kier alpha value is -1.13. The molecule has 0 aliphatic carbocycles. The third kappa shape index (κ3) is 2.43. The molecule has 1 aromatic carbocycles. The Kier molecular flexibility index (Phi) is 3.85. The lowest BCUT2D eigenvalue weighted by atomic mass is 10.1. The summed E-state index contributed by atoms with van der Waals surface area (Å²) in [5.41, 5.74) is 0.772. The molecule has 3 nitrogen and oxygen atoms in total. The fourth-order valence-corrected chi connectivity index (χ4v) is 1.22. The van der Waals surface area contributed by atoms with Gasteiger partial charge in [-0.15, -0.1) is 0 Å². The molecular formula is C9H9ClFNO2. The zero-order valence-corrected chi connectivity index (χ0v) is 8.27. The molecule has 0 aliphatic rings. The molecule has 0 fully saturated rings. The largest absolute Gasteiger partial charge is 0.465 e. The van der Waals surface area contributed by atoms with E-state index in [1.807, 2.05) is 0 Å². The first-order valence-electron chi connectivity index (χ1n) is 3.89. The lowest BCUT2D eigenvalue weighted by molar-refractivity contribution is 0.0599. The van der Waals surface area contributed by atoms with Crippen molar-refractivity contribution in [1.82, 2.24) is 4.84 Å². The number of carbonyl (C=O) groups excluding carboxylic acids is 1. The molecular weight excluding hydrogens is 209 g/mol. The van der Waals surface area contributed by atoms with Crippen molar-refractivity contribution in [3.8, 4) is 0 Å². The minimum absolute atomic E-state index is 0.181. The number of hydrogen-bond donors (Lipinski definition) is 1. The molecule has 0 heterocycles. The van der Waals surface area contributed by atoms with Crippen LogP contribution in [0.5, 0.6) is 0 Å². The first-order chi connectivity index (χ1) is 6.69.